The van der Waals surface area contributed by atoms with Gasteiger partial charge in [0.05, 0.1) is 6.04 Å². The standard InChI is InChI=1S/C20H28N2O/c1-2-19-9-6-12-22(19)20(23)15-17-10-13-21(14-11-17)16-18-7-4-3-5-8-18/h3-9,17,19H,2,10-16H2,1H3. The third-order valence-corrected chi connectivity index (χ3v) is 5.22. The van der Waals surface area contributed by atoms with Gasteiger partial charge in [0, 0.05) is 19.5 Å². The largest absolute Gasteiger partial charge is 0.333 e. The maximum Gasteiger partial charge on any atom is 0.223 e. The molecular weight excluding hydrogens is 284 g/mol. The molecular formula is C20H28N2O. The van der Waals surface area contributed by atoms with E-state index in [-0.39, 0.29) is 0 Å². The van der Waals surface area contributed by atoms with Gasteiger partial charge < -0.3 is 4.90 Å². The summed E-state index contributed by atoms with van der Waals surface area (Å²) in [7, 11) is 0. The summed E-state index contributed by atoms with van der Waals surface area (Å²) in [5.74, 6) is 0.913. The van der Waals surface area contributed by atoms with E-state index in [1.807, 2.05) is 0 Å². The van der Waals surface area contributed by atoms with Crippen molar-refractivity contribution in [2.24, 2.45) is 5.92 Å². The van der Waals surface area contributed by atoms with Crippen molar-refractivity contribution in [3.8, 4) is 0 Å². The van der Waals surface area contributed by atoms with Crippen molar-refractivity contribution >= 4 is 5.91 Å². The molecule has 3 heteroatoms. The van der Waals surface area contributed by atoms with Crippen LogP contribution < -0.4 is 0 Å². The maximum atomic E-state index is 12.5. The normalized spacial score (nSPS) is 22.7. The summed E-state index contributed by atoms with van der Waals surface area (Å²) in [5, 5.41) is 0. The van der Waals surface area contributed by atoms with Gasteiger partial charge in [-0.1, -0.05) is 49.4 Å². The summed E-state index contributed by atoms with van der Waals surface area (Å²) in [6.45, 7) is 6.23. The highest BCUT2D eigenvalue weighted by molar-refractivity contribution is 5.77. The Morgan fingerprint density at radius 1 is 1.17 bits per heavy atom. The van der Waals surface area contributed by atoms with E-state index >= 15 is 0 Å². The molecule has 0 radical (unpaired) electrons. The molecule has 0 N–H and O–H groups in total. The lowest BCUT2D eigenvalue weighted by Crippen LogP contribution is -2.39. The molecule has 23 heavy (non-hydrogen) atoms. The molecule has 2 aliphatic rings. The minimum absolute atomic E-state index is 0.334. The van der Waals surface area contributed by atoms with Crippen molar-refractivity contribution in [1.29, 1.82) is 0 Å². The Labute approximate surface area is 140 Å². The summed E-state index contributed by atoms with van der Waals surface area (Å²) in [6.07, 6.45) is 8.37. The third kappa shape index (κ3) is 4.23. The van der Waals surface area contributed by atoms with Crippen molar-refractivity contribution in [3.05, 3.63) is 48.0 Å². The summed E-state index contributed by atoms with van der Waals surface area (Å²) >= 11 is 0. The van der Waals surface area contributed by atoms with Gasteiger partial charge in [-0.3, -0.25) is 9.69 Å². The van der Waals surface area contributed by atoms with E-state index in [1.165, 1.54) is 5.56 Å². The molecule has 3 rings (SSSR count). The topological polar surface area (TPSA) is 23.6 Å². The first kappa shape index (κ1) is 16.3. The van der Waals surface area contributed by atoms with E-state index in [0.29, 0.717) is 17.9 Å². The lowest BCUT2D eigenvalue weighted by Gasteiger charge is -2.33. The van der Waals surface area contributed by atoms with Gasteiger partial charge in [-0.25, -0.2) is 0 Å². The predicted molar refractivity (Wildman–Crippen MR) is 94.0 cm³/mol. The lowest BCUT2D eigenvalue weighted by atomic mass is 9.92. The number of piperidine rings is 1. The van der Waals surface area contributed by atoms with Crippen LogP contribution in [0.1, 0.15) is 38.2 Å². The summed E-state index contributed by atoms with van der Waals surface area (Å²) in [5.41, 5.74) is 1.39. The number of hydrogen-bond donors (Lipinski definition) is 0. The second kappa shape index (κ2) is 7.78. The quantitative estimate of drug-likeness (QED) is 0.777. The van der Waals surface area contributed by atoms with Crippen LogP contribution in [0.2, 0.25) is 0 Å². The summed E-state index contributed by atoms with van der Waals surface area (Å²) in [4.78, 5) is 17.1. The van der Waals surface area contributed by atoms with E-state index < -0.39 is 0 Å². The summed E-state index contributed by atoms with van der Waals surface area (Å²) < 4.78 is 0. The van der Waals surface area contributed by atoms with Crippen molar-refractivity contribution in [1.82, 2.24) is 9.80 Å². The first-order valence-electron chi connectivity index (χ1n) is 8.98. The van der Waals surface area contributed by atoms with Crippen LogP contribution in [0.4, 0.5) is 0 Å². The average molecular weight is 312 g/mol. The van der Waals surface area contributed by atoms with E-state index in [9.17, 15) is 4.79 Å². The maximum absolute atomic E-state index is 12.5. The van der Waals surface area contributed by atoms with E-state index in [1.54, 1.807) is 0 Å². The molecule has 0 aromatic heterocycles. The van der Waals surface area contributed by atoms with Crippen molar-refractivity contribution in [2.75, 3.05) is 19.6 Å². The van der Waals surface area contributed by atoms with Gasteiger partial charge in [-0.2, -0.15) is 0 Å². The molecule has 1 atom stereocenters. The fraction of sp³-hybridized carbons (Fsp3) is 0.550. The molecule has 1 fully saturated rings. The van der Waals surface area contributed by atoms with E-state index in [4.69, 9.17) is 0 Å². The minimum Gasteiger partial charge on any atom is -0.333 e. The monoisotopic (exact) mass is 312 g/mol. The summed E-state index contributed by atoms with van der Waals surface area (Å²) in [6, 6.07) is 11.0. The van der Waals surface area contributed by atoms with E-state index in [0.717, 1.165) is 51.9 Å². The molecule has 1 unspecified atom stereocenters. The first-order valence-corrected chi connectivity index (χ1v) is 8.98. The first-order chi connectivity index (χ1) is 11.3. The zero-order chi connectivity index (χ0) is 16.1. The highest BCUT2D eigenvalue weighted by atomic mass is 16.2. The zero-order valence-corrected chi connectivity index (χ0v) is 14.2. The lowest BCUT2D eigenvalue weighted by molar-refractivity contribution is -0.133. The van der Waals surface area contributed by atoms with Crippen molar-refractivity contribution in [3.63, 3.8) is 0 Å². The van der Waals surface area contributed by atoms with Gasteiger partial charge in [0.15, 0.2) is 0 Å². The van der Waals surface area contributed by atoms with Gasteiger partial charge in [-0.15, -0.1) is 0 Å². The van der Waals surface area contributed by atoms with Crippen molar-refractivity contribution in [2.45, 2.75) is 45.2 Å². The third-order valence-electron chi connectivity index (χ3n) is 5.22. The smallest absolute Gasteiger partial charge is 0.223 e. The Morgan fingerprint density at radius 2 is 1.91 bits per heavy atom. The van der Waals surface area contributed by atoms with Gasteiger partial charge >= 0.3 is 0 Å². The second-order valence-corrected chi connectivity index (χ2v) is 6.86. The highest BCUT2D eigenvalue weighted by Crippen LogP contribution is 2.24. The van der Waals surface area contributed by atoms with Gasteiger partial charge in [-0.05, 0) is 43.8 Å². The molecule has 0 saturated carbocycles. The van der Waals surface area contributed by atoms with Crippen LogP contribution in [0.15, 0.2) is 42.5 Å². The Kier molecular flexibility index (Phi) is 5.50. The number of hydrogen-bond acceptors (Lipinski definition) is 2. The number of likely N-dealkylation sites (tertiary alicyclic amines) is 1. The predicted octanol–water partition coefficient (Wildman–Crippen LogP) is 3.47. The number of carbonyl (C=O) groups excluding carboxylic acids is 1. The number of amides is 1. The Bertz CT molecular complexity index is 532. The van der Waals surface area contributed by atoms with Gasteiger partial charge in [0.2, 0.25) is 5.91 Å². The van der Waals surface area contributed by atoms with Crippen LogP contribution >= 0.6 is 0 Å². The molecule has 1 saturated heterocycles. The Balaban J connectivity index is 1.43. The molecule has 124 valence electrons. The van der Waals surface area contributed by atoms with Crippen LogP contribution in [0, 0.1) is 5.92 Å². The van der Waals surface area contributed by atoms with E-state index in [2.05, 4.69) is 59.2 Å². The number of benzene rings is 1. The fourth-order valence-electron chi connectivity index (χ4n) is 3.77. The molecule has 2 aliphatic heterocycles. The molecule has 1 amide bonds. The molecule has 1 aromatic carbocycles. The highest BCUT2D eigenvalue weighted by Gasteiger charge is 2.27. The van der Waals surface area contributed by atoms with Gasteiger partial charge in [0.1, 0.15) is 0 Å². The van der Waals surface area contributed by atoms with Crippen LogP contribution in [-0.4, -0.2) is 41.4 Å². The molecule has 0 aliphatic carbocycles. The van der Waals surface area contributed by atoms with Crippen LogP contribution in [-0.2, 0) is 11.3 Å². The number of carbonyl (C=O) groups is 1. The number of nitrogens with zero attached hydrogens (tertiary/aromatic N) is 2. The molecule has 3 nitrogen and oxygen atoms in total. The second-order valence-electron chi connectivity index (χ2n) is 6.86. The molecule has 0 bridgehead atoms. The van der Waals surface area contributed by atoms with Crippen LogP contribution in [0.3, 0.4) is 0 Å². The number of rotatable bonds is 5. The van der Waals surface area contributed by atoms with Crippen LogP contribution in [0.5, 0.6) is 0 Å². The molecule has 0 spiro atoms. The molecule has 1 aromatic rings. The fourth-order valence-corrected chi connectivity index (χ4v) is 3.77. The Morgan fingerprint density at radius 3 is 2.61 bits per heavy atom. The van der Waals surface area contributed by atoms with Crippen LogP contribution in [0.25, 0.3) is 0 Å². The zero-order valence-electron chi connectivity index (χ0n) is 14.2. The van der Waals surface area contributed by atoms with Crippen molar-refractivity contribution < 1.29 is 4.79 Å². The minimum atomic E-state index is 0.334. The SMILES string of the molecule is CCC1C=CCN1C(=O)CC1CCN(Cc2ccccc2)CC1. The Hall–Kier alpha value is -1.61. The average Bonchev–Trinajstić information content (AvgIpc) is 3.06. The molecule has 2 heterocycles. The van der Waals surface area contributed by atoms with Gasteiger partial charge in [0.25, 0.3) is 0 Å².